The quantitative estimate of drug-likeness (QED) is 0.703. The molecule has 0 N–H and O–H groups in total. The van der Waals surface area contributed by atoms with Gasteiger partial charge in [-0.25, -0.2) is 0 Å². The van der Waals surface area contributed by atoms with Crippen molar-refractivity contribution in [2.45, 2.75) is 24.5 Å². The largest absolute Gasteiger partial charge is 0.323 e. The molecule has 1 aliphatic carbocycles. The maximum absolute atomic E-state index is 6.03. The third-order valence-corrected chi connectivity index (χ3v) is 4.98. The van der Waals surface area contributed by atoms with Crippen LogP contribution in [0, 0.1) is 0 Å². The van der Waals surface area contributed by atoms with E-state index < -0.39 is 6.49 Å². The lowest BCUT2D eigenvalue weighted by Gasteiger charge is -2.41. The number of fused-ring (bicyclic) bond motifs is 1. The summed E-state index contributed by atoms with van der Waals surface area (Å²) in [7, 11) is 0. The average Bonchev–Trinajstić information content (AvgIpc) is 2.40. The molecular formula is C11H13O2PS. The lowest BCUT2D eigenvalue weighted by Crippen LogP contribution is -2.46. The summed E-state index contributed by atoms with van der Waals surface area (Å²) in [6.07, 6.45) is 2.30. The summed E-state index contributed by atoms with van der Waals surface area (Å²) in [6.45, 7) is -0.0685. The minimum absolute atomic E-state index is 0.190. The first kappa shape index (κ1) is 9.98. The molecule has 2 nitrogen and oxygen atoms in total. The lowest BCUT2D eigenvalue weighted by molar-refractivity contribution is -0.0523. The zero-order valence-electron chi connectivity index (χ0n) is 8.55. The van der Waals surface area contributed by atoms with Gasteiger partial charge in [-0.15, -0.1) is 0 Å². The Morgan fingerprint density at radius 2 is 2.13 bits per heavy atom. The van der Waals surface area contributed by atoms with E-state index >= 15 is 0 Å². The molecule has 0 bridgehead atoms. The summed E-state index contributed by atoms with van der Waals surface area (Å²) >= 11 is 5.34. The van der Waals surface area contributed by atoms with Gasteiger partial charge in [0.05, 0.1) is 6.10 Å². The third kappa shape index (κ3) is 1.42. The molecule has 1 aromatic carbocycles. The smallest absolute Gasteiger partial charge is 0.186 e. The minimum Gasteiger partial charge on any atom is -0.323 e. The van der Waals surface area contributed by atoms with Crippen LogP contribution in [0.1, 0.15) is 18.4 Å². The van der Waals surface area contributed by atoms with Crippen LogP contribution in [0.25, 0.3) is 0 Å². The molecule has 2 aliphatic rings. The van der Waals surface area contributed by atoms with Crippen molar-refractivity contribution in [1.29, 1.82) is 0 Å². The molecule has 1 aromatic rings. The molecule has 3 atom stereocenters. The fourth-order valence-electron chi connectivity index (χ4n) is 2.42. The van der Waals surface area contributed by atoms with E-state index in [-0.39, 0.29) is 11.7 Å². The van der Waals surface area contributed by atoms with Crippen molar-refractivity contribution in [2.24, 2.45) is 0 Å². The van der Waals surface area contributed by atoms with Crippen molar-refractivity contribution in [3.05, 3.63) is 35.9 Å². The van der Waals surface area contributed by atoms with E-state index in [2.05, 4.69) is 12.1 Å². The summed E-state index contributed by atoms with van der Waals surface area (Å²) in [5.41, 5.74) is 1.00. The Labute approximate surface area is 94.8 Å². The Bertz CT molecular complexity index is 433. The van der Waals surface area contributed by atoms with Crippen LogP contribution in [0.3, 0.4) is 0 Å². The highest BCUT2D eigenvalue weighted by molar-refractivity contribution is 8.09. The van der Waals surface area contributed by atoms with E-state index in [1.807, 2.05) is 24.9 Å². The molecular weight excluding hydrogens is 227 g/mol. The molecule has 1 saturated heterocycles. The Kier molecular flexibility index (Phi) is 2.09. The minimum atomic E-state index is -1.99. The van der Waals surface area contributed by atoms with Crippen LogP contribution < -0.4 is 0 Å². The summed E-state index contributed by atoms with van der Waals surface area (Å²) in [4.78, 5) is 0. The zero-order valence-corrected chi connectivity index (χ0v) is 10.3. The fourth-order valence-corrected chi connectivity index (χ4v) is 4.82. The van der Waals surface area contributed by atoms with E-state index in [1.54, 1.807) is 0 Å². The summed E-state index contributed by atoms with van der Waals surface area (Å²) in [5, 5.41) is 0. The van der Waals surface area contributed by atoms with Gasteiger partial charge in [0.2, 0.25) is 0 Å². The van der Waals surface area contributed by atoms with E-state index in [4.69, 9.17) is 20.9 Å². The SMILES string of the molecule is CP1(=S)O[C@H]2CC[C@@]2(c2ccccc2)O1. The molecule has 0 aromatic heterocycles. The van der Waals surface area contributed by atoms with Crippen molar-refractivity contribution in [2.75, 3.05) is 6.66 Å². The highest BCUT2D eigenvalue weighted by Gasteiger charge is 2.58. The topological polar surface area (TPSA) is 18.5 Å². The van der Waals surface area contributed by atoms with Crippen molar-refractivity contribution >= 4 is 18.3 Å². The van der Waals surface area contributed by atoms with Gasteiger partial charge in [-0.3, -0.25) is 0 Å². The predicted octanol–water partition coefficient (Wildman–Crippen LogP) is 3.03. The zero-order chi connectivity index (χ0) is 10.5. The highest BCUT2D eigenvalue weighted by atomic mass is 32.5. The molecule has 2 fully saturated rings. The van der Waals surface area contributed by atoms with E-state index in [0.29, 0.717) is 0 Å². The van der Waals surface area contributed by atoms with Gasteiger partial charge in [-0.1, -0.05) is 30.3 Å². The second-order valence-electron chi connectivity index (χ2n) is 4.25. The molecule has 1 aliphatic heterocycles. The van der Waals surface area contributed by atoms with Gasteiger partial charge in [0.1, 0.15) is 5.60 Å². The third-order valence-electron chi connectivity index (χ3n) is 3.21. The molecule has 0 radical (unpaired) electrons. The first-order chi connectivity index (χ1) is 7.12. The Morgan fingerprint density at radius 3 is 2.67 bits per heavy atom. The summed E-state index contributed by atoms with van der Waals surface area (Å²) in [6, 6.07) is 10.3. The first-order valence-corrected chi connectivity index (χ1v) is 8.23. The molecule has 4 heteroatoms. The van der Waals surface area contributed by atoms with Crippen LogP contribution in [0.5, 0.6) is 0 Å². The van der Waals surface area contributed by atoms with Gasteiger partial charge in [-0.2, -0.15) is 0 Å². The highest BCUT2D eigenvalue weighted by Crippen LogP contribution is 2.67. The number of hydrogen-bond donors (Lipinski definition) is 0. The maximum atomic E-state index is 6.03. The van der Waals surface area contributed by atoms with Crippen LogP contribution in [0.4, 0.5) is 0 Å². The van der Waals surface area contributed by atoms with Crippen LogP contribution in [-0.4, -0.2) is 12.8 Å². The van der Waals surface area contributed by atoms with Gasteiger partial charge in [-0.05, 0) is 30.2 Å². The molecule has 0 amide bonds. The van der Waals surface area contributed by atoms with Crippen LogP contribution in [0.15, 0.2) is 30.3 Å². The van der Waals surface area contributed by atoms with Crippen molar-refractivity contribution < 1.29 is 9.05 Å². The van der Waals surface area contributed by atoms with Gasteiger partial charge >= 0.3 is 0 Å². The average molecular weight is 240 g/mol. The van der Waals surface area contributed by atoms with Gasteiger partial charge in [0.25, 0.3) is 0 Å². The lowest BCUT2D eigenvalue weighted by atomic mass is 9.72. The standard InChI is InChI=1S/C11H13O2PS/c1-14(15)12-10-7-8-11(10,13-14)9-5-3-2-4-6-9/h2-6,10H,7-8H2,1H3/t10-,11-,14?/m0/s1. The van der Waals surface area contributed by atoms with Crippen molar-refractivity contribution in [3.63, 3.8) is 0 Å². The van der Waals surface area contributed by atoms with E-state index in [1.165, 1.54) is 5.56 Å². The Balaban J connectivity index is 2.03. The van der Waals surface area contributed by atoms with Gasteiger partial charge < -0.3 is 9.05 Å². The molecule has 80 valence electrons. The molecule has 0 spiro atoms. The number of benzene rings is 1. The predicted molar refractivity (Wildman–Crippen MR) is 63.5 cm³/mol. The molecule has 1 heterocycles. The summed E-state index contributed by atoms with van der Waals surface area (Å²) < 4.78 is 11.8. The van der Waals surface area contributed by atoms with E-state index in [9.17, 15) is 0 Å². The monoisotopic (exact) mass is 240 g/mol. The van der Waals surface area contributed by atoms with Gasteiger partial charge in [0, 0.05) is 6.66 Å². The Hall–Kier alpha value is -0.210. The number of rotatable bonds is 1. The number of hydrogen-bond acceptors (Lipinski definition) is 3. The van der Waals surface area contributed by atoms with Crippen LogP contribution >= 0.6 is 6.49 Å². The fraction of sp³-hybridized carbons (Fsp3) is 0.455. The molecule has 15 heavy (non-hydrogen) atoms. The summed E-state index contributed by atoms with van der Waals surface area (Å²) in [5.74, 6) is 0. The van der Waals surface area contributed by atoms with Crippen molar-refractivity contribution in [1.82, 2.24) is 0 Å². The van der Waals surface area contributed by atoms with Crippen molar-refractivity contribution in [3.8, 4) is 0 Å². The second-order valence-corrected chi connectivity index (χ2v) is 8.18. The van der Waals surface area contributed by atoms with Crippen LogP contribution in [0.2, 0.25) is 0 Å². The maximum Gasteiger partial charge on any atom is 0.186 e. The molecule has 1 unspecified atom stereocenters. The molecule has 1 saturated carbocycles. The first-order valence-electron chi connectivity index (χ1n) is 5.15. The van der Waals surface area contributed by atoms with E-state index in [0.717, 1.165) is 12.8 Å². The van der Waals surface area contributed by atoms with Crippen LogP contribution in [-0.2, 0) is 26.5 Å². The Morgan fingerprint density at radius 1 is 1.40 bits per heavy atom. The normalized spacial score (nSPS) is 43.4. The van der Waals surface area contributed by atoms with Gasteiger partial charge in [0.15, 0.2) is 6.49 Å². The molecule has 3 rings (SSSR count). The second kappa shape index (κ2) is 3.14.